The van der Waals surface area contributed by atoms with Crippen molar-refractivity contribution in [1.29, 1.82) is 0 Å². The minimum absolute atomic E-state index is 0.267. The molecule has 144 valence electrons. The Morgan fingerprint density at radius 2 is 2.00 bits per heavy atom. The van der Waals surface area contributed by atoms with Gasteiger partial charge in [-0.15, -0.1) is 0 Å². The number of carbonyl (C=O) groups is 3. The van der Waals surface area contributed by atoms with E-state index in [2.05, 4.69) is 16.3 Å². The molecule has 0 aliphatic carbocycles. The third-order valence-corrected chi connectivity index (χ3v) is 6.46. The number of imide groups is 2. The summed E-state index contributed by atoms with van der Waals surface area (Å²) in [6, 6.07) is 7.23. The van der Waals surface area contributed by atoms with Gasteiger partial charge in [-0.3, -0.25) is 19.8 Å². The van der Waals surface area contributed by atoms with Gasteiger partial charge in [0, 0.05) is 25.4 Å². The lowest BCUT2D eigenvalue weighted by molar-refractivity contribution is -0.153. The van der Waals surface area contributed by atoms with Crippen LogP contribution in [0.4, 0.5) is 10.6 Å². The van der Waals surface area contributed by atoms with E-state index in [4.69, 9.17) is 4.98 Å². The van der Waals surface area contributed by atoms with Crippen LogP contribution in [0.25, 0.3) is 10.9 Å². The van der Waals surface area contributed by atoms with Crippen LogP contribution < -0.4 is 10.2 Å². The van der Waals surface area contributed by atoms with Gasteiger partial charge in [0.15, 0.2) is 5.41 Å². The molecule has 7 nitrogen and oxygen atoms in total. The first-order valence-corrected chi connectivity index (χ1v) is 9.72. The minimum atomic E-state index is -1.28. The number of benzene rings is 1. The number of aromatic nitrogens is 1. The van der Waals surface area contributed by atoms with E-state index in [9.17, 15) is 14.4 Å². The van der Waals surface area contributed by atoms with E-state index < -0.39 is 23.3 Å². The number of carbonyl (C=O) groups excluding carboxylic acids is 3. The highest BCUT2D eigenvalue weighted by Gasteiger charge is 2.61. The lowest BCUT2D eigenvalue weighted by Gasteiger charge is -2.52. The molecule has 5 rings (SSSR count). The molecular weight excluding hydrogens is 356 g/mol. The number of hydrogen-bond donors (Lipinski definition) is 1. The van der Waals surface area contributed by atoms with E-state index >= 15 is 0 Å². The van der Waals surface area contributed by atoms with E-state index in [1.165, 1.54) is 7.05 Å². The molecule has 4 amide bonds. The van der Waals surface area contributed by atoms with Gasteiger partial charge >= 0.3 is 6.03 Å². The second-order valence-electron chi connectivity index (χ2n) is 8.14. The lowest BCUT2D eigenvalue weighted by Crippen LogP contribution is -2.72. The van der Waals surface area contributed by atoms with Crippen molar-refractivity contribution >= 4 is 34.6 Å². The van der Waals surface area contributed by atoms with E-state index in [0.717, 1.165) is 58.6 Å². The molecule has 0 saturated carbocycles. The van der Waals surface area contributed by atoms with E-state index in [-0.39, 0.29) is 12.5 Å². The Bertz CT molecular complexity index is 1050. The highest BCUT2D eigenvalue weighted by molar-refractivity contribution is 6.20. The van der Waals surface area contributed by atoms with Crippen molar-refractivity contribution in [2.75, 3.05) is 18.5 Å². The summed E-state index contributed by atoms with van der Waals surface area (Å²) in [6.45, 7) is 2.78. The van der Waals surface area contributed by atoms with Crippen molar-refractivity contribution in [3.63, 3.8) is 0 Å². The molecule has 2 unspecified atom stereocenters. The molecule has 3 aliphatic heterocycles. The summed E-state index contributed by atoms with van der Waals surface area (Å²) in [5.74, 6) is -0.0209. The van der Waals surface area contributed by atoms with Crippen LogP contribution in [0.3, 0.4) is 0 Å². The molecule has 1 aromatic heterocycles. The van der Waals surface area contributed by atoms with E-state index in [1.54, 1.807) is 0 Å². The Hall–Kier alpha value is -2.96. The van der Waals surface area contributed by atoms with Crippen LogP contribution in [-0.2, 0) is 16.0 Å². The van der Waals surface area contributed by atoms with Crippen molar-refractivity contribution in [3.05, 3.63) is 35.4 Å². The monoisotopic (exact) mass is 378 g/mol. The van der Waals surface area contributed by atoms with Crippen molar-refractivity contribution in [2.45, 2.75) is 38.6 Å². The maximum absolute atomic E-state index is 13.3. The number of urea groups is 1. The Balaban J connectivity index is 1.73. The summed E-state index contributed by atoms with van der Waals surface area (Å²) in [4.78, 5) is 46.5. The number of pyridine rings is 1. The smallest absolute Gasteiger partial charge is 0.330 e. The van der Waals surface area contributed by atoms with Gasteiger partial charge in [-0.05, 0) is 49.9 Å². The Labute approximate surface area is 162 Å². The average molecular weight is 378 g/mol. The lowest BCUT2D eigenvalue weighted by atomic mass is 9.66. The summed E-state index contributed by atoms with van der Waals surface area (Å²) in [5.41, 5.74) is 1.65. The maximum Gasteiger partial charge on any atom is 0.330 e. The highest BCUT2D eigenvalue weighted by atomic mass is 16.2. The molecule has 3 aliphatic rings. The molecule has 2 aromatic rings. The zero-order valence-electron chi connectivity index (χ0n) is 16.0. The van der Waals surface area contributed by atoms with Crippen molar-refractivity contribution in [2.24, 2.45) is 5.41 Å². The molecule has 4 heterocycles. The first kappa shape index (κ1) is 17.2. The fourth-order valence-corrected chi connectivity index (χ4v) is 5.05. The van der Waals surface area contributed by atoms with Gasteiger partial charge in [-0.25, -0.2) is 9.78 Å². The molecular formula is C21H22N4O3. The SMILES string of the molecule is Cc1ccc2nc3c(cc2c1)CC1(C(=O)NC(=O)N(C)C1=O)C1CCCCN31. The number of amides is 4. The van der Waals surface area contributed by atoms with Crippen LogP contribution in [0.15, 0.2) is 24.3 Å². The van der Waals surface area contributed by atoms with Gasteiger partial charge < -0.3 is 4.90 Å². The largest absolute Gasteiger partial charge is 0.352 e. The Kier molecular flexibility index (Phi) is 3.53. The van der Waals surface area contributed by atoms with Crippen LogP contribution in [0.5, 0.6) is 0 Å². The molecule has 0 bridgehead atoms. The number of fused-ring (bicyclic) bond motifs is 5. The summed E-state index contributed by atoms with van der Waals surface area (Å²) in [5, 5.41) is 3.41. The summed E-state index contributed by atoms with van der Waals surface area (Å²) < 4.78 is 0. The third-order valence-electron chi connectivity index (χ3n) is 6.46. The number of aryl methyl sites for hydroxylation is 1. The number of nitrogens with zero attached hydrogens (tertiary/aromatic N) is 3. The molecule has 1 N–H and O–H groups in total. The maximum atomic E-state index is 13.3. The minimum Gasteiger partial charge on any atom is -0.352 e. The first-order valence-electron chi connectivity index (χ1n) is 9.72. The number of nitrogens with one attached hydrogen (secondary N) is 1. The zero-order valence-corrected chi connectivity index (χ0v) is 16.0. The van der Waals surface area contributed by atoms with E-state index in [0.29, 0.717) is 0 Å². The first-order chi connectivity index (χ1) is 13.4. The molecule has 2 saturated heterocycles. The predicted octanol–water partition coefficient (Wildman–Crippen LogP) is 2.15. The third kappa shape index (κ3) is 2.16. The fraction of sp³-hybridized carbons (Fsp3) is 0.429. The van der Waals surface area contributed by atoms with Crippen LogP contribution in [0.1, 0.15) is 30.4 Å². The summed E-state index contributed by atoms with van der Waals surface area (Å²) in [6.07, 6.45) is 2.93. The Morgan fingerprint density at radius 3 is 2.82 bits per heavy atom. The van der Waals surface area contributed by atoms with Crippen molar-refractivity contribution < 1.29 is 14.4 Å². The molecule has 1 spiro atoms. The summed E-state index contributed by atoms with van der Waals surface area (Å²) >= 11 is 0. The molecule has 28 heavy (non-hydrogen) atoms. The molecule has 2 atom stereocenters. The average Bonchev–Trinajstić information content (AvgIpc) is 2.69. The standard InChI is InChI=1S/C21H22N4O3/c1-12-6-7-15-13(9-12)10-14-11-21(18(26)23-20(28)24(2)19(21)27)16-5-3-4-8-25(16)17(14)22-15/h6-7,9-10,16H,3-5,8,11H2,1-2H3,(H,23,26,28). The fourth-order valence-electron chi connectivity index (χ4n) is 5.05. The Morgan fingerprint density at radius 1 is 1.18 bits per heavy atom. The molecule has 0 radical (unpaired) electrons. The predicted molar refractivity (Wildman–Crippen MR) is 104 cm³/mol. The van der Waals surface area contributed by atoms with Crippen molar-refractivity contribution in [1.82, 2.24) is 15.2 Å². The molecule has 7 heteroatoms. The van der Waals surface area contributed by atoms with Gasteiger partial charge in [0.25, 0.3) is 0 Å². The van der Waals surface area contributed by atoms with Crippen LogP contribution in [-0.4, -0.2) is 47.4 Å². The topological polar surface area (TPSA) is 82.6 Å². The van der Waals surface area contributed by atoms with Crippen LogP contribution >= 0.6 is 0 Å². The van der Waals surface area contributed by atoms with Gasteiger partial charge in [-0.2, -0.15) is 0 Å². The number of hydrogen-bond acceptors (Lipinski definition) is 5. The van der Waals surface area contributed by atoms with Gasteiger partial charge in [0.05, 0.1) is 11.6 Å². The van der Waals surface area contributed by atoms with E-state index in [1.807, 2.05) is 25.1 Å². The zero-order chi connectivity index (χ0) is 19.6. The molecule has 1 aromatic carbocycles. The number of piperidine rings is 1. The van der Waals surface area contributed by atoms with Crippen LogP contribution in [0.2, 0.25) is 0 Å². The number of anilines is 1. The van der Waals surface area contributed by atoms with Gasteiger partial charge in [0.2, 0.25) is 11.8 Å². The van der Waals surface area contributed by atoms with Gasteiger partial charge in [-0.1, -0.05) is 11.6 Å². The number of rotatable bonds is 0. The highest BCUT2D eigenvalue weighted by Crippen LogP contribution is 2.47. The van der Waals surface area contributed by atoms with Gasteiger partial charge in [0.1, 0.15) is 5.82 Å². The second-order valence-corrected chi connectivity index (χ2v) is 8.14. The van der Waals surface area contributed by atoms with Crippen molar-refractivity contribution in [3.8, 4) is 0 Å². The molecule has 2 fully saturated rings. The normalized spacial score (nSPS) is 27.1. The second kappa shape index (κ2) is 5.77. The number of barbiturate groups is 1. The van der Waals surface area contributed by atoms with Crippen LogP contribution in [0, 0.1) is 12.3 Å². The quantitative estimate of drug-likeness (QED) is 0.711. The summed E-state index contributed by atoms with van der Waals surface area (Å²) in [7, 11) is 1.44.